The molecular weight excluding hydrogens is 196 g/mol. The Morgan fingerprint density at radius 2 is 2.13 bits per heavy atom. The first-order valence-electron chi connectivity index (χ1n) is 4.65. The molecule has 0 aromatic rings. The molecule has 0 aromatic carbocycles. The van der Waals surface area contributed by atoms with Crippen molar-refractivity contribution < 1.29 is 14.7 Å². The van der Waals surface area contributed by atoms with Crippen molar-refractivity contribution in [3.8, 4) is 0 Å². The highest BCUT2D eigenvalue weighted by Crippen LogP contribution is 2.09. The second-order valence-electron chi connectivity index (χ2n) is 3.97. The summed E-state index contributed by atoms with van der Waals surface area (Å²) in [4.78, 5) is 12.9. The van der Waals surface area contributed by atoms with Crippen molar-refractivity contribution >= 4 is 12.3 Å². The predicted octanol–water partition coefficient (Wildman–Crippen LogP) is 1.87. The van der Waals surface area contributed by atoms with Crippen LogP contribution in [0.3, 0.4) is 0 Å². The van der Waals surface area contributed by atoms with Gasteiger partial charge in [0.1, 0.15) is 5.60 Å². The molecule has 0 spiro atoms. The minimum atomic E-state index is -0.535. The third-order valence-corrected chi connectivity index (χ3v) is 1.38. The summed E-state index contributed by atoms with van der Waals surface area (Å²) < 4.78 is 5.15. The first kappa shape index (κ1) is 13.5. The average Bonchev–Trinajstić information content (AvgIpc) is 2.09. The minimum Gasteiger partial charge on any atom is -0.444 e. The Labute approximate surface area is 90.0 Å². The summed E-state index contributed by atoms with van der Waals surface area (Å²) in [5.74, 6) is 0. The fraction of sp³-hybridized carbons (Fsp3) is 0.600. The maximum atomic E-state index is 11.6. The molecule has 0 saturated heterocycles. The number of nitrogens with zero attached hydrogens (tertiary/aromatic N) is 2. The van der Waals surface area contributed by atoms with E-state index in [4.69, 9.17) is 9.94 Å². The number of oxime groups is 1. The zero-order valence-corrected chi connectivity index (χ0v) is 9.43. The smallest absolute Gasteiger partial charge is 0.410 e. The Hall–Kier alpha value is -1.52. The third kappa shape index (κ3) is 6.54. The number of amides is 1. The Morgan fingerprint density at radius 1 is 1.53 bits per heavy atom. The predicted molar refractivity (Wildman–Crippen MR) is 58.3 cm³/mol. The zero-order chi connectivity index (χ0) is 11.9. The third-order valence-electron chi connectivity index (χ3n) is 1.38. The monoisotopic (exact) mass is 214 g/mol. The molecule has 1 amide bonds. The second kappa shape index (κ2) is 6.06. The van der Waals surface area contributed by atoms with Crippen LogP contribution in [-0.2, 0) is 4.74 Å². The van der Waals surface area contributed by atoms with E-state index in [0.29, 0.717) is 6.54 Å². The number of hydrogen-bond acceptors (Lipinski definition) is 4. The molecule has 0 aromatic heterocycles. The van der Waals surface area contributed by atoms with E-state index in [9.17, 15) is 4.79 Å². The highest BCUT2D eigenvalue weighted by atomic mass is 16.6. The number of hydrogen-bond donors (Lipinski definition) is 1. The van der Waals surface area contributed by atoms with Crippen LogP contribution in [0.2, 0.25) is 0 Å². The molecule has 0 fully saturated rings. The SMILES string of the molecule is C=CCN(CC=NO)C(=O)OC(C)(C)C. The number of rotatable bonds is 4. The van der Waals surface area contributed by atoms with Gasteiger partial charge in [-0.2, -0.15) is 0 Å². The van der Waals surface area contributed by atoms with E-state index in [0.717, 1.165) is 0 Å². The quantitative estimate of drug-likeness (QED) is 0.336. The summed E-state index contributed by atoms with van der Waals surface area (Å²) in [6.45, 7) is 9.44. The van der Waals surface area contributed by atoms with Gasteiger partial charge in [-0.1, -0.05) is 6.08 Å². The number of carbonyl (C=O) groups is 1. The van der Waals surface area contributed by atoms with Crippen molar-refractivity contribution in [1.29, 1.82) is 0 Å². The van der Waals surface area contributed by atoms with Gasteiger partial charge in [-0.3, -0.25) is 4.90 Å². The van der Waals surface area contributed by atoms with Crippen LogP contribution in [0.1, 0.15) is 20.8 Å². The average molecular weight is 214 g/mol. The zero-order valence-electron chi connectivity index (χ0n) is 9.43. The lowest BCUT2D eigenvalue weighted by molar-refractivity contribution is 0.0300. The summed E-state index contributed by atoms with van der Waals surface area (Å²) in [6, 6.07) is 0. The van der Waals surface area contributed by atoms with Gasteiger partial charge in [-0.05, 0) is 20.8 Å². The van der Waals surface area contributed by atoms with Crippen LogP contribution in [0.25, 0.3) is 0 Å². The molecule has 0 saturated carbocycles. The highest BCUT2D eigenvalue weighted by Gasteiger charge is 2.20. The van der Waals surface area contributed by atoms with E-state index >= 15 is 0 Å². The van der Waals surface area contributed by atoms with Crippen molar-refractivity contribution in [3.63, 3.8) is 0 Å². The summed E-state index contributed by atoms with van der Waals surface area (Å²) in [5, 5.41) is 11.1. The molecule has 0 bridgehead atoms. The van der Waals surface area contributed by atoms with Crippen molar-refractivity contribution in [2.45, 2.75) is 26.4 Å². The summed E-state index contributed by atoms with van der Waals surface area (Å²) in [7, 11) is 0. The molecule has 0 radical (unpaired) electrons. The van der Waals surface area contributed by atoms with E-state index in [1.807, 2.05) is 0 Å². The van der Waals surface area contributed by atoms with E-state index in [2.05, 4.69) is 11.7 Å². The highest BCUT2D eigenvalue weighted by molar-refractivity contribution is 5.73. The van der Waals surface area contributed by atoms with Gasteiger partial charge < -0.3 is 9.94 Å². The van der Waals surface area contributed by atoms with Gasteiger partial charge >= 0.3 is 6.09 Å². The van der Waals surface area contributed by atoms with E-state index in [-0.39, 0.29) is 6.54 Å². The van der Waals surface area contributed by atoms with Crippen LogP contribution in [-0.4, -0.2) is 41.1 Å². The molecule has 1 N–H and O–H groups in total. The molecule has 0 heterocycles. The molecule has 15 heavy (non-hydrogen) atoms. The van der Waals surface area contributed by atoms with Gasteiger partial charge in [0.25, 0.3) is 0 Å². The number of carbonyl (C=O) groups excluding carboxylic acids is 1. The molecule has 5 heteroatoms. The minimum absolute atomic E-state index is 0.192. The normalized spacial score (nSPS) is 11.4. The maximum absolute atomic E-state index is 11.6. The Bertz CT molecular complexity index is 244. The summed E-state index contributed by atoms with van der Waals surface area (Å²) >= 11 is 0. The molecule has 0 aliphatic rings. The topological polar surface area (TPSA) is 62.1 Å². The molecule has 0 atom stereocenters. The fourth-order valence-electron chi connectivity index (χ4n) is 0.841. The van der Waals surface area contributed by atoms with Crippen LogP contribution in [0.15, 0.2) is 17.8 Å². The van der Waals surface area contributed by atoms with Crippen LogP contribution < -0.4 is 0 Å². The van der Waals surface area contributed by atoms with Gasteiger partial charge in [0, 0.05) is 6.54 Å². The molecule has 0 aliphatic heterocycles. The standard InChI is InChI=1S/C10H18N2O3/c1-5-7-12(8-6-11-14)9(13)15-10(2,3)4/h5-6,14H,1,7-8H2,2-4H3. The van der Waals surface area contributed by atoms with Crippen molar-refractivity contribution in [3.05, 3.63) is 12.7 Å². The van der Waals surface area contributed by atoms with E-state index in [1.165, 1.54) is 11.1 Å². The van der Waals surface area contributed by atoms with Crippen molar-refractivity contribution in [1.82, 2.24) is 4.90 Å². The Balaban J connectivity index is 4.34. The molecule has 0 rings (SSSR count). The van der Waals surface area contributed by atoms with E-state index < -0.39 is 11.7 Å². The van der Waals surface area contributed by atoms with Gasteiger partial charge in [0.2, 0.25) is 0 Å². The van der Waals surface area contributed by atoms with Crippen LogP contribution >= 0.6 is 0 Å². The molecular formula is C10H18N2O3. The van der Waals surface area contributed by atoms with Gasteiger partial charge in [-0.15, -0.1) is 11.7 Å². The van der Waals surface area contributed by atoms with Crippen LogP contribution in [0.4, 0.5) is 4.79 Å². The molecule has 0 aliphatic carbocycles. The van der Waals surface area contributed by atoms with Gasteiger partial charge in [-0.25, -0.2) is 4.79 Å². The lowest BCUT2D eigenvalue weighted by Crippen LogP contribution is -2.37. The van der Waals surface area contributed by atoms with E-state index in [1.54, 1.807) is 26.8 Å². The molecule has 0 unspecified atom stereocenters. The first-order valence-corrected chi connectivity index (χ1v) is 4.65. The lowest BCUT2D eigenvalue weighted by atomic mass is 10.2. The van der Waals surface area contributed by atoms with Crippen LogP contribution in [0.5, 0.6) is 0 Å². The van der Waals surface area contributed by atoms with Crippen molar-refractivity contribution in [2.24, 2.45) is 5.16 Å². The molecule has 86 valence electrons. The Morgan fingerprint density at radius 3 is 2.53 bits per heavy atom. The Kier molecular flexibility index (Phi) is 5.44. The largest absolute Gasteiger partial charge is 0.444 e. The summed E-state index contributed by atoms with van der Waals surface area (Å²) in [5.41, 5.74) is -0.535. The van der Waals surface area contributed by atoms with Gasteiger partial charge in [0.15, 0.2) is 0 Å². The molecule has 5 nitrogen and oxygen atoms in total. The number of ether oxygens (including phenoxy) is 1. The lowest BCUT2D eigenvalue weighted by Gasteiger charge is -2.25. The fourth-order valence-corrected chi connectivity index (χ4v) is 0.841. The van der Waals surface area contributed by atoms with Gasteiger partial charge in [0.05, 0.1) is 12.8 Å². The second-order valence-corrected chi connectivity index (χ2v) is 3.97. The van der Waals surface area contributed by atoms with Crippen molar-refractivity contribution in [2.75, 3.05) is 13.1 Å². The van der Waals surface area contributed by atoms with Crippen LogP contribution in [0, 0.1) is 0 Å². The first-order chi connectivity index (χ1) is 6.90. The maximum Gasteiger partial charge on any atom is 0.410 e. The summed E-state index contributed by atoms with van der Waals surface area (Å²) in [6.07, 6.45) is 2.34.